The maximum atomic E-state index is 10.4. The van der Waals surface area contributed by atoms with Crippen molar-refractivity contribution in [3.8, 4) is 5.75 Å². The first-order valence-corrected chi connectivity index (χ1v) is 8.06. The highest BCUT2D eigenvalue weighted by Crippen LogP contribution is 2.25. The minimum Gasteiger partial charge on any atom is -0.491 e. The summed E-state index contributed by atoms with van der Waals surface area (Å²) < 4.78 is 5.66. The van der Waals surface area contributed by atoms with Crippen LogP contribution in [-0.4, -0.2) is 24.4 Å². The third kappa shape index (κ3) is 4.37. The van der Waals surface area contributed by atoms with Gasteiger partial charge in [-0.1, -0.05) is 54.6 Å². The Morgan fingerprint density at radius 2 is 1.17 bits per heavy atom. The zero-order chi connectivity index (χ0) is 16.6. The van der Waals surface area contributed by atoms with Gasteiger partial charge in [-0.25, -0.2) is 0 Å². The molecule has 0 heterocycles. The van der Waals surface area contributed by atoms with Crippen LogP contribution >= 0.6 is 0 Å². The number of anilines is 2. The first-order chi connectivity index (χ1) is 11.8. The second-order valence-electron chi connectivity index (χ2n) is 5.56. The number of hydrogen-bond acceptors (Lipinski definition) is 3. The van der Waals surface area contributed by atoms with E-state index in [0.717, 1.165) is 17.1 Å². The number of aliphatic hydroxyl groups is 1. The summed E-state index contributed by atoms with van der Waals surface area (Å²) in [5.74, 6) is 0.766. The van der Waals surface area contributed by atoms with Gasteiger partial charge in [0.05, 0.1) is 6.54 Å². The molecule has 0 aliphatic rings. The van der Waals surface area contributed by atoms with Crippen LogP contribution in [0.15, 0.2) is 91.0 Å². The van der Waals surface area contributed by atoms with Gasteiger partial charge in [-0.05, 0) is 36.4 Å². The highest BCUT2D eigenvalue weighted by atomic mass is 16.5. The Labute approximate surface area is 142 Å². The number of rotatable bonds is 7. The van der Waals surface area contributed by atoms with Gasteiger partial charge in [-0.15, -0.1) is 0 Å². The van der Waals surface area contributed by atoms with Crippen LogP contribution in [0.5, 0.6) is 5.75 Å². The number of nitrogens with zero attached hydrogens (tertiary/aromatic N) is 1. The molecule has 1 atom stereocenters. The Hall–Kier alpha value is -2.78. The molecule has 0 saturated heterocycles. The van der Waals surface area contributed by atoms with Crippen molar-refractivity contribution in [1.29, 1.82) is 0 Å². The van der Waals surface area contributed by atoms with Crippen LogP contribution in [0.1, 0.15) is 0 Å². The Bertz CT molecular complexity index is 677. The lowest BCUT2D eigenvalue weighted by molar-refractivity contribution is 0.114. The zero-order valence-corrected chi connectivity index (χ0v) is 13.5. The molecule has 0 saturated carbocycles. The van der Waals surface area contributed by atoms with E-state index in [1.54, 1.807) is 0 Å². The average molecular weight is 319 g/mol. The summed E-state index contributed by atoms with van der Waals surface area (Å²) in [6.45, 7) is 0.709. The molecule has 1 unspecified atom stereocenters. The maximum absolute atomic E-state index is 10.4. The van der Waals surface area contributed by atoms with Crippen LogP contribution < -0.4 is 9.64 Å². The summed E-state index contributed by atoms with van der Waals surface area (Å²) in [5.41, 5.74) is 2.09. The fraction of sp³-hybridized carbons (Fsp3) is 0.143. The number of aliphatic hydroxyl groups excluding tert-OH is 1. The number of ether oxygens (including phenoxy) is 1. The molecule has 0 aliphatic carbocycles. The monoisotopic (exact) mass is 319 g/mol. The molecule has 3 rings (SSSR count). The fourth-order valence-electron chi connectivity index (χ4n) is 2.55. The van der Waals surface area contributed by atoms with Gasteiger partial charge in [0.15, 0.2) is 0 Å². The predicted octanol–water partition coefficient (Wildman–Crippen LogP) is 4.26. The van der Waals surface area contributed by atoms with E-state index in [2.05, 4.69) is 4.90 Å². The Kier molecular flexibility index (Phi) is 5.48. The molecule has 0 radical (unpaired) electrons. The Morgan fingerprint density at radius 1 is 0.708 bits per heavy atom. The lowest BCUT2D eigenvalue weighted by atomic mass is 10.2. The summed E-state index contributed by atoms with van der Waals surface area (Å²) in [4.78, 5) is 2.10. The summed E-state index contributed by atoms with van der Waals surface area (Å²) >= 11 is 0. The summed E-state index contributed by atoms with van der Waals surface area (Å²) in [6.07, 6.45) is -0.606. The van der Waals surface area contributed by atoms with E-state index in [1.807, 2.05) is 91.0 Å². The normalized spacial score (nSPS) is 11.7. The van der Waals surface area contributed by atoms with Crippen molar-refractivity contribution >= 4 is 11.4 Å². The molecule has 122 valence electrons. The van der Waals surface area contributed by atoms with Crippen molar-refractivity contribution < 1.29 is 9.84 Å². The van der Waals surface area contributed by atoms with E-state index in [4.69, 9.17) is 4.74 Å². The van der Waals surface area contributed by atoms with E-state index in [-0.39, 0.29) is 6.61 Å². The smallest absolute Gasteiger partial charge is 0.119 e. The van der Waals surface area contributed by atoms with Gasteiger partial charge in [0.2, 0.25) is 0 Å². The van der Waals surface area contributed by atoms with Gasteiger partial charge < -0.3 is 14.7 Å². The first kappa shape index (κ1) is 16.1. The lowest BCUT2D eigenvalue weighted by Crippen LogP contribution is -2.32. The maximum Gasteiger partial charge on any atom is 0.119 e. The molecule has 3 aromatic rings. The topological polar surface area (TPSA) is 32.7 Å². The SMILES string of the molecule is OC(COc1ccccc1)CN(c1ccccc1)c1ccccc1. The van der Waals surface area contributed by atoms with Crippen LogP contribution in [0.4, 0.5) is 11.4 Å². The summed E-state index contributed by atoms with van der Waals surface area (Å²) in [7, 11) is 0. The molecule has 0 amide bonds. The van der Waals surface area contributed by atoms with Crippen LogP contribution in [0.25, 0.3) is 0 Å². The molecule has 3 heteroatoms. The Morgan fingerprint density at radius 3 is 1.67 bits per heavy atom. The van der Waals surface area contributed by atoms with Gasteiger partial charge in [-0.3, -0.25) is 0 Å². The van der Waals surface area contributed by atoms with Crippen molar-refractivity contribution in [2.24, 2.45) is 0 Å². The molecule has 0 spiro atoms. The highest BCUT2D eigenvalue weighted by Gasteiger charge is 2.15. The van der Waals surface area contributed by atoms with Crippen LogP contribution in [0, 0.1) is 0 Å². The van der Waals surface area contributed by atoms with Crippen molar-refractivity contribution in [3.63, 3.8) is 0 Å². The molecule has 0 bridgehead atoms. The van der Waals surface area contributed by atoms with E-state index in [0.29, 0.717) is 6.54 Å². The van der Waals surface area contributed by atoms with E-state index in [1.165, 1.54) is 0 Å². The van der Waals surface area contributed by atoms with Crippen LogP contribution in [-0.2, 0) is 0 Å². The molecular weight excluding hydrogens is 298 g/mol. The molecular formula is C21H21NO2. The van der Waals surface area contributed by atoms with Crippen molar-refractivity contribution in [2.45, 2.75) is 6.10 Å². The molecule has 3 nitrogen and oxygen atoms in total. The standard InChI is InChI=1S/C21H21NO2/c23-20(17-24-21-14-8-3-9-15-21)16-22(18-10-4-1-5-11-18)19-12-6-2-7-13-19/h1-15,20,23H,16-17H2. The van der Waals surface area contributed by atoms with Gasteiger partial charge >= 0.3 is 0 Å². The van der Waals surface area contributed by atoms with Crippen molar-refractivity contribution in [3.05, 3.63) is 91.0 Å². The third-order valence-corrected chi connectivity index (χ3v) is 3.71. The lowest BCUT2D eigenvalue weighted by Gasteiger charge is -2.27. The van der Waals surface area contributed by atoms with Crippen molar-refractivity contribution in [1.82, 2.24) is 0 Å². The first-order valence-electron chi connectivity index (χ1n) is 8.06. The average Bonchev–Trinajstić information content (AvgIpc) is 2.67. The third-order valence-electron chi connectivity index (χ3n) is 3.71. The largest absolute Gasteiger partial charge is 0.491 e. The van der Waals surface area contributed by atoms with Gasteiger partial charge in [0.25, 0.3) is 0 Å². The van der Waals surface area contributed by atoms with Gasteiger partial charge in [0, 0.05) is 11.4 Å². The van der Waals surface area contributed by atoms with Crippen LogP contribution in [0.2, 0.25) is 0 Å². The quantitative estimate of drug-likeness (QED) is 0.706. The fourth-order valence-corrected chi connectivity index (χ4v) is 2.55. The van der Waals surface area contributed by atoms with E-state index < -0.39 is 6.10 Å². The van der Waals surface area contributed by atoms with Crippen LogP contribution in [0.3, 0.4) is 0 Å². The molecule has 3 aromatic carbocycles. The van der Waals surface area contributed by atoms with Crippen molar-refractivity contribution in [2.75, 3.05) is 18.1 Å². The number of para-hydroxylation sites is 3. The highest BCUT2D eigenvalue weighted by molar-refractivity contribution is 5.63. The second-order valence-corrected chi connectivity index (χ2v) is 5.56. The minimum atomic E-state index is -0.606. The number of benzene rings is 3. The second kappa shape index (κ2) is 8.18. The van der Waals surface area contributed by atoms with Gasteiger partial charge in [-0.2, -0.15) is 0 Å². The summed E-state index contributed by atoms with van der Waals surface area (Å²) in [5, 5.41) is 10.4. The summed E-state index contributed by atoms with van der Waals surface area (Å²) in [6, 6.07) is 29.7. The van der Waals surface area contributed by atoms with Gasteiger partial charge in [0.1, 0.15) is 18.5 Å². The molecule has 0 aromatic heterocycles. The van der Waals surface area contributed by atoms with E-state index in [9.17, 15) is 5.11 Å². The molecule has 24 heavy (non-hydrogen) atoms. The predicted molar refractivity (Wildman–Crippen MR) is 97.8 cm³/mol. The number of hydrogen-bond donors (Lipinski definition) is 1. The molecule has 1 N–H and O–H groups in total. The Balaban J connectivity index is 1.70. The minimum absolute atomic E-state index is 0.250. The van der Waals surface area contributed by atoms with E-state index >= 15 is 0 Å². The zero-order valence-electron chi connectivity index (χ0n) is 13.5. The molecule has 0 fully saturated rings. The molecule has 0 aliphatic heterocycles.